The van der Waals surface area contributed by atoms with Crippen molar-refractivity contribution in [1.82, 2.24) is 0 Å². The van der Waals surface area contributed by atoms with E-state index in [-0.39, 0.29) is 0 Å². The Labute approximate surface area is 390 Å². The van der Waals surface area contributed by atoms with Crippen LogP contribution in [-0.4, -0.2) is 0 Å². The molecule has 12 aromatic rings. The molecule has 0 saturated carbocycles. The first-order valence-corrected chi connectivity index (χ1v) is 23.1. The lowest BCUT2D eigenvalue weighted by Gasteiger charge is -2.34. The fourth-order valence-electron chi connectivity index (χ4n) is 11.0. The Hall–Kier alpha value is -8.72. The van der Waals surface area contributed by atoms with Crippen LogP contribution in [0.15, 0.2) is 265 Å². The third kappa shape index (κ3) is 6.18. The van der Waals surface area contributed by atoms with Crippen molar-refractivity contribution in [2.75, 3.05) is 4.90 Å². The number of hydrogen-bond acceptors (Lipinski definition) is 2. The average molecular weight is 854 g/mol. The van der Waals surface area contributed by atoms with Gasteiger partial charge in [0.15, 0.2) is 0 Å². The summed E-state index contributed by atoms with van der Waals surface area (Å²) < 4.78 is 6.34. The lowest BCUT2D eigenvalue weighted by atomic mass is 9.68. The highest BCUT2D eigenvalue weighted by molar-refractivity contribution is 6.09. The van der Waals surface area contributed by atoms with Crippen LogP contribution in [0.4, 0.5) is 17.1 Å². The van der Waals surface area contributed by atoms with Gasteiger partial charge in [-0.1, -0.05) is 218 Å². The van der Waals surface area contributed by atoms with Crippen molar-refractivity contribution >= 4 is 49.8 Å². The van der Waals surface area contributed by atoms with Gasteiger partial charge < -0.3 is 9.32 Å². The number of furan rings is 1. The summed E-state index contributed by atoms with van der Waals surface area (Å²) in [5.74, 6) is 0. The number of fused-ring (bicyclic) bond motifs is 7. The predicted octanol–water partition coefficient (Wildman–Crippen LogP) is 17.6. The SMILES string of the molecule is c1ccc(-c2ccc(-c3ccc(N(c4ccc(-c5ccc6c(c5)oc5ccccc56)cc4)c4cccc5c4-c4ccccc4C5(c4ccccc4)c4ccccc4)c4ccccc34)cc2)cc1. The van der Waals surface area contributed by atoms with Crippen molar-refractivity contribution in [3.05, 3.63) is 283 Å². The number of anilines is 3. The van der Waals surface area contributed by atoms with Gasteiger partial charge in [0, 0.05) is 27.4 Å². The minimum atomic E-state index is -0.535. The maximum Gasteiger partial charge on any atom is 0.136 e. The molecule has 0 fully saturated rings. The van der Waals surface area contributed by atoms with Crippen LogP contribution < -0.4 is 4.90 Å². The summed E-state index contributed by atoms with van der Waals surface area (Å²) in [5, 5.41) is 4.64. The monoisotopic (exact) mass is 853 g/mol. The standard InChI is InChI=1S/C65H43NO/c1-4-17-44(18-5-1)45-31-33-47(34-32-45)52-41-42-60(54-24-11-10-23-53(52)54)66(51-38-35-46(36-39-51)48-37-40-56-55-25-13-15-30-62(55)67-63(56)43-48)61-29-16-28-59-64(61)57-26-12-14-27-58(57)65(59,49-19-6-2-7-20-49)50-21-8-3-9-22-50/h1-43H. The van der Waals surface area contributed by atoms with Crippen molar-refractivity contribution in [2.24, 2.45) is 0 Å². The highest BCUT2D eigenvalue weighted by Gasteiger charge is 2.47. The molecule has 0 atom stereocenters. The first kappa shape index (κ1) is 38.7. The zero-order valence-corrected chi connectivity index (χ0v) is 36.7. The average Bonchev–Trinajstić information content (AvgIpc) is 3.94. The predicted molar refractivity (Wildman–Crippen MR) is 280 cm³/mol. The third-order valence-corrected chi connectivity index (χ3v) is 14.0. The summed E-state index contributed by atoms with van der Waals surface area (Å²) in [6.45, 7) is 0. The Morgan fingerprint density at radius 2 is 0.836 bits per heavy atom. The first-order valence-electron chi connectivity index (χ1n) is 23.1. The lowest BCUT2D eigenvalue weighted by Crippen LogP contribution is -2.28. The van der Waals surface area contributed by atoms with E-state index in [4.69, 9.17) is 4.42 Å². The van der Waals surface area contributed by atoms with Gasteiger partial charge in [0.1, 0.15) is 11.2 Å². The molecule has 11 aromatic carbocycles. The molecule has 1 heterocycles. The van der Waals surface area contributed by atoms with E-state index in [1.54, 1.807) is 0 Å². The quantitative estimate of drug-likeness (QED) is 0.151. The molecule has 0 unspecified atom stereocenters. The van der Waals surface area contributed by atoms with E-state index in [1.165, 1.54) is 66.4 Å². The van der Waals surface area contributed by atoms with Crippen molar-refractivity contribution in [3.63, 3.8) is 0 Å². The van der Waals surface area contributed by atoms with E-state index >= 15 is 0 Å². The first-order chi connectivity index (χ1) is 33.2. The van der Waals surface area contributed by atoms with Gasteiger partial charge in [0.05, 0.1) is 16.8 Å². The molecule has 13 rings (SSSR count). The van der Waals surface area contributed by atoms with Crippen molar-refractivity contribution in [2.45, 2.75) is 5.41 Å². The third-order valence-electron chi connectivity index (χ3n) is 14.0. The van der Waals surface area contributed by atoms with E-state index in [1.807, 2.05) is 12.1 Å². The van der Waals surface area contributed by atoms with Gasteiger partial charge in [-0.3, -0.25) is 0 Å². The molecule has 1 aliphatic rings. The minimum absolute atomic E-state index is 0.535. The van der Waals surface area contributed by atoms with Crippen LogP contribution in [0.1, 0.15) is 22.3 Å². The fourth-order valence-corrected chi connectivity index (χ4v) is 11.0. The van der Waals surface area contributed by atoms with Crippen LogP contribution in [0, 0.1) is 0 Å². The summed E-state index contributed by atoms with van der Waals surface area (Å²) in [7, 11) is 0. The highest BCUT2D eigenvalue weighted by atomic mass is 16.3. The van der Waals surface area contributed by atoms with Gasteiger partial charge in [-0.25, -0.2) is 0 Å². The van der Waals surface area contributed by atoms with Crippen molar-refractivity contribution < 1.29 is 4.42 Å². The molecule has 0 radical (unpaired) electrons. The second-order valence-corrected chi connectivity index (χ2v) is 17.5. The number of nitrogens with zero attached hydrogens (tertiary/aromatic N) is 1. The topological polar surface area (TPSA) is 16.4 Å². The molecular weight excluding hydrogens is 811 g/mol. The summed E-state index contributed by atoms with van der Waals surface area (Å²) in [4.78, 5) is 2.50. The Bertz CT molecular complexity index is 3740. The van der Waals surface area contributed by atoms with Crippen LogP contribution in [0.5, 0.6) is 0 Å². The lowest BCUT2D eigenvalue weighted by molar-refractivity contribution is 0.669. The Kier molecular flexibility index (Phi) is 9.11. The second-order valence-electron chi connectivity index (χ2n) is 17.5. The van der Waals surface area contributed by atoms with Gasteiger partial charge >= 0.3 is 0 Å². The zero-order valence-electron chi connectivity index (χ0n) is 36.7. The molecule has 0 spiro atoms. The maximum atomic E-state index is 6.34. The Morgan fingerprint density at radius 3 is 1.58 bits per heavy atom. The van der Waals surface area contributed by atoms with Crippen LogP contribution >= 0.6 is 0 Å². The van der Waals surface area contributed by atoms with Crippen LogP contribution in [0.3, 0.4) is 0 Å². The van der Waals surface area contributed by atoms with Gasteiger partial charge in [-0.05, 0) is 109 Å². The molecule has 0 aliphatic heterocycles. The molecule has 0 N–H and O–H groups in total. The number of para-hydroxylation sites is 1. The summed E-state index contributed by atoms with van der Waals surface area (Å²) in [6, 6.07) is 95.1. The maximum absolute atomic E-state index is 6.34. The molecule has 1 aromatic heterocycles. The number of hydrogen-bond donors (Lipinski definition) is 0. The molecule has 2 heteroatoms. The zero-order chi connectivity index (χ0) is 44.3. The van der Waals surface area contributed by atoms with Crippen LogP contribution in [-0.2, 0) is 5.41 Å². The van der Waals surface area contributed by atoms with E-state index in [0.29, 0.717) is 0 Å². The normalized spacial score (nSPS) is 12.6. The molecule has 1 aliphatic carbocycles. The van der Waals surface area contributed by atoms with Crippen LogP contribution in [0.2, 0.25) is 0 Å². The number of rotatable bonds is 8. The van der Waals surface area contributed by atoms with E-state index in [0.717, 1.165) is 50.1 Å². The van der Waals surface area contributed by atoms with E-state index in [9.17, 15) is 0 Å². The van der Waals surface area contributed by atoms with E-state index < -0.39 is 5.41 Å². The Balaban J connectivity index is 1.03. The van der Waals surface area contributed by atoms with Gasteiger partial charge in [0.25, 0.3) is 0 Å². The van der Waals surface area contributed by atoms with Gasteiger partial charge in [-0.2, -0.15) is 0 Å². The van der Waals surface area contributed by atoms with Crippen LogP contribution in [0.25, 0.3) is 77.2 Å². The Morgan fingerprint density at radius 1 is 0.299 bits per heavy atom. The van der Waals surface area contributed by atoms with Gasteiger partial charge in [-0.15, -0.1) is 0 Å². The molecule has 0 saturated heterocycles. The molecular formula is C65H43NO. The summed E-state index contributed by atoms with van der Waals surface area (Å²) >= 11 is 0. The second kappa shape index (κ2) is 15.8. The molecule has 0 amide bonds. The molecule has 0 bridgehead atoms. The minimum Gasteiger partial charge on any atom is -0.456 e. The number of benzene rings is 11. The smallest absolute Gasteiger partial charge is 0.136 e. The summed E-state index contributed by atoms with van der Waals surface area (Å²) in [5.41, 5.74) is 19.1. The molecule has 314 valence electrons. The largest absolute Gasteiger partial charge is 0.456 e. The van der Waals surface area contributed by atoms with Crippen molar-refractivity contribution in [3.8, 4) is 44.5 Å². The highest BCUT2D eigenvalue weighted by Crippen LogP contribution is 2.60. The van der Waals surface area contributed by atoms with Gasteiger partial charge in [0.2, 0.25) is 0 Å². The molecule has 67 heavy (non-hydrogen) atoms. The van der Waals surface area contributed by atoms with Crippen molar-refractivity contribution in [1.29, 1.82) is 0 Å². The molecule has 2 nitrogen and oxygen atoms in total. The summed E-state index contributed by atoms with van der Waals surface area (Å²) in [6.07, 6.45) is 0. The van der Waals surface area contributed by atoms with E-state index in [2.05, 4.69) is 254 Å². The fraction of sp³-hybridized carbons (Fsp3) is 0.0154.